The fourth-order valence-electron chi connectivity index (χ4n) is 8.16. The molecule has 4 aliphatic rings. The number of amides is 2. The number of non-ortho nitro benzene ring substituents is 1. The highest BCUT2D eigenvalue weighted by Crippen LogP contribution is 2.69. The van der Waals surface area contributed by atoms with Crippen LogP contribution in [0.3, 0.4) is 0 Å². The van der Waals surface area contributed by atoms with Gasteiger partial charge in [-0.05, 0) is 72.6 Å². The number of nitrogens with one attached hydrogen (secondary N) is 1. The van der Waals surface area contributed by atoms with Crippen LogP contribution in [0, 0.1) is 46.6 Å². The molecule has 2 amide bonds. The molecule has 0 unspecified atom stereocenters. The lowest BCUT2D eigenvalue weighted by atomic mass is 9.68. The van der Waals surface area contributed by atoms with Gasteiger partial charge in [-0.15, -0.1) is 11.8 Å². The molecular formula is C33H26BrN3O6S2. The molecule has 1 N–H and O–H groups in total. The number of nitrogens with zero attached hydrogens (tertiary/aromatic N) is 2. The van der Waals surface area contributed by atoms with E-state index in [1.165, 1.54) is 40.5 Å². The number of fused-ring (bicyclic) bond motifs is 9. The molecule has 2 saturated carbocycles. The number of aryl methyl sites for hydroxylation is 1. The first-order chi connectivity index (χ1) is 21.7. The van der Waals surface area contributed by atoms with E-state index in [0.717, 1.165) is 43.2 Å². The Morgan fingerprint density at radius 2 is 1.76 bits per heavy atom. The molecule has 8 rings (SSSR count). The molecule has 228 valence electrons. The molecule has 2 aliphatic heterocycles. The number of aromatic amines is 1. The van der Waals surface area contributed by atoms with Crippen LogP contribution < -0.4 is 14.5 Å². The van der Waals surface area contributed by atoms with Crippen molar-refractivity contribution in [2.45, 2.75) is 36.1 Å². The topological polar surface area (TPSA) is 123 Å². The van der Waals surface area contributed by atoms with Gasteiger partial charge in [-0.3, -0.25) is 29.4 Å². The summed E-state index contributed by atoms with van der Waals surface area (Å²) in [5, 5.41) is 12.0. The Hall–Kier alpha value is -3.74. The zero-order valence-electron chi connectivity index (χ0n) is 23.8. The fourth-order valence-corrected chi connectivity index (χ4v) is 11.4. The van der Waals surface area contributed by atoms with E-state index >= 15 is 0 Å². The highest BCUT2D eigenvalue weighted by Gasteiger charge is 2.69. The number of carbonyl (C=O) groups excluding carboxylic acids is 2. The summed E-state index contributed by atoms with van der Waals surface area (Å²) in [5.74, 6) is -1.02. The Labute approximate surface area is 274 Å². The number of aromatic nitrogens is 1. The van der Waals surface area contributed by atoms with Crippen molar-refractivity contribution >= 4 is 62.2 Å². The van der Waals surface area contributed by atoms with Crippen LogP contribution in [0.1, 0.15) is 33.9 Å². The first-order valence-electron chi connectivity index (χ1n) is 14.7. The Morgan fingerprint density at radius 1 is 1.02 bits per heavy atom. The SMILES string of the molecule is Cc1ccccc1COc1ccc(Br)cc1[C@@H]1c2sc(=O)[nH]c2S[C@@H]2[C@@H]3C[C@@H]([C@@H]4C(=O)N(c5ccc([N+](=O)[O-])cc5)C(=O)[C@@H]34)[C@@H]12. The number of rotatable bonds is 6. The molecule has 2 aliphatic carbocycles. The number of nitro groups is 1. The van der Waals surface area contributed by atoms with Crippen LogP contribution in [0.2, 0.25) is 0 Å². The molecule has 3 heterocycles. The number of anilines is 1. The number of ether oxygens (including phenoxy) is 1. The average molecular weight is 705 g/mol. The smallest absolute Gasteiger partial charge is 0.305 e. The van der Waals surface area contributed by atoms with Crippen LogP contribution in [-0.4, -0.2) is 27.0 Å². The lowest BCUT2D eigenvalue weighted by molar-refractivity contribution is -0.384. The second-order valence-corrected chi connectivity index (χ2v) is 15.3. The van der Waals surface area contributed by atoms with Gasteiger partial charge in [-0.1, -0.05) is 51.5 Å². The maximum Gasteiger partial charge on any atom is 0.305 e. The van der Waals surface area contributed by atoms with Crippen LogP contribution in [0.25, 0.3) is 0 Å². The molecular weight excluding hydrogens is 678 g/mol. The molecule has 45 heavy (non-hydrogen) atoms. The second-order valence-electron chi connectivity index (χ2n) is 12.1. The third-order valence-corrected chi connectivity index (χ3v) is 13.1. The zero-order valence-corrected chi connectivity index (χ0v) is 27.1. The van der Waals surface area contributed by atoms with E-state index in [1.54, 1.807) is 11.8 Å². The van der Waals surface area contributed by atoms with Crippen LogP contribution in [-0.2, 0) is 16.2 Å². The van der Waals surface area contributed by atoms with Gasteiger partial charge >= 0.3 is 4.87 Å². The number of carbonyl (C=O) groups is 2. The predicted molar refractivity (Wildman–Crippen MR) is 174 cm³/mol. The summed E-state index contributed by atoms with van der Waals surface area (Å²) in [6.45, 7) is 2.44. The third-order valence-electron chi connectivity index (χ3n) is 9.99. The van der Waals surface area contributed by atoms with Gasteiger partial charge in [0, 0.05) is 38.2 Å². The Kier molecular flexibility index (Phi) is 6.81. The molecule has 1 aromatic heterocycles. The molecule has 1 saturated heterocycles. The molecule has 4 aromatic rings. The van der Waals surface area contributed by atoms with E-state index in [0.29, 0.717) is 12.3 Å². The summed E-state index contributed by atoms with van der Waals surface area (Å²) in [6.07, 6.45) is 0.756. The molecule has 9 nitrogen and oxygen atoms in total. The number of halogens is 1. The van der Waals surface area contributed by atoms with Crippen LogP contribution in [0.4, 0.5) is 11.4 Å². The second kappa shape index (κ2) is 10.7. The molecule has 0 spiro atoms. The van der Waals surface area contributed by atoms with Gasteiger partial charge in [0.15, 0.2) is 0 Å². The van der Waals surface area contributed by atoms with E-state index in [4.69, 9.17) is 4.74 Å². The summed E-state index contributed by atoms with van der Waals surface area (Å²) in [7, 11) is 0. The third kappa shape index (κ3) is 4.44. The van der Waals surface area contributed by atoms with Crippen molar-refractivity contribution in [2.75, 3.05) is 4.90 Å². The number of hydrogen-bond donors (Lipinski definition) is 1. The zero-order chi connectivity index (χ0) is 31.1. The van der Waals surface area contributed by atoms with Crippen molar-refractivity contribution in [3.8, 4) is 5.75 Å². The monoisotopic (exact) mass is 703 g/mol. The lowest BCUT2D eigenvalue weighted by Gasteiger charge is -2.43. The van der Waals surface area contributed by atoms with E-state index in [1.807, 2.05) is 30.3 Å². The predicted octanol–water partition coefficient (Wildman–Crippen LogP) is 6.67. The normalized spacial score (nSPS) is 27.8. The lowest BCUT2D eigenvalue weighted by Crippen LogP contribution is -2.42. The Bertz CT molecular complexity index is 1960. The van der Waals surface area contributed by atoms with Gasteiger partial charge in [0.05, 0.1) is 27.5 Å². The largest absolute Gasteiger partial charge is 0.489 e. The number of thiazole rings is 1. The number of thioether (sulfide) groups is 1. The van der Waals surface area contributed by atoms with Gasteiger partial charge in [0.25, 0.3) is 5.69 Å². The summed E-state index contributed by atoms with van der Waals surface area (Å²) < 4.78 is 7.39. The Morgan fingerprint density at radius 3 is 2.49 bits per heavy atom. The summed E-state index contributed by atoms with van der Waals surface area (Å²) in [6, 6.07) is 19.7. The van der Waals surface area contributed by atoms with Gasteiger partial charge in [-0.2, -0.15) is 0 Å². The molecule has 12 heteroatoms. The number of imide groups is 1. The molecule has 2 bridgehead atoms. The number of H-pyrrole nitrogens is 1. The van der Waals surface area contributed by atoms with Crippen LogP contribution >= 0.6 is 39.0 Å². The van der Waals surface area contributed by atoms with E-state index in [-0.39, 0.29) is 51.3 Å². The van der Waals surface area contributed by atoms with Gasteiger partial charge < -0.3 is 9.72 Å². The van der Waals surface area contributed by atoms with E-state index in [9.17, 15) is 24.5 Å². The number of nitro benzene ring substituents is 1. The van der Waals surface area contributed by atoms with Crippen molar-refractivity contribution in [3.63, 3.8) is 0 Å². The number of hydrogen-bond acceptors (Lipinski definition) is 8. The summed E-state index contributed by atoms with van der Waals surface area (Å²) in [4.78, 5) is 56.5. The highest BCUT2D eigenvalue weighted by atomic mass is 79.9. The van der Waals surface area contributed by atoms with E-state index in [2.05, 4.69) is 40.0 Å². The minimum atomic E-state index is -0.502. The molecule has 7 atom stereocenters. The highest BCUT2D eigenvalue weighted by molar-refractivity contribution is 9.10. The number of benzene rings is 3. The molecule has 3 fully saturated rings. The Balaban J connectivity index is 1.19. The maximum absolute atomic E-state index is 14.1. The minimum Gasteiger partial charge on any atom is -0.489 e. The van der Waals surface area contributed by atoms with Crippen molar-refractivity contribution in [2.24, 2.45) is 29.6 Å². The molecule has 3 aromatic carbocycles. The van der Waals surface area contributed by atoms with Gasteiger partial charge in [-0.25, -0.2) is 0 Å². The van der Waals surface area contributed by atoms with Crippen molar-refractivity contribution in [1.82, 2.24) is 4.98 Å². The van der Waals surface area contributed by atoms with E-state index < -0.39 is 16.8 Å². The van der Waals surface area contributed by atoms with Gasteiger partial charge in [0.2, 0.25) is 11.8 Å². The quantitative estimate of drug-likeness (QED) is 0.135. The molecule has 0 radical (unpaired) electrons. The first-order valence-corrected chi connectivity index (χ1v) is 17.2. The van der Waals surface area contributed by atoms with Crippen LogP contribution in [0.15, 0.2) is 81.0 Å². The van der Waals surface area contributed by atoms with Crippen molar-refractivity contribution in [1.29, 1.82) is 0 Å². The summed E-state index contributed by atoms with van der Waals surface area (Å²) in [5.41, 5.74) is 3.44. The standard InChI is InChI=1S/C33H26BrN3O6S2/c1-15-4-2-3-5-16(15)14-43-23-11-6-17(34)12-20(23)24-25-21-13-22(28(25)44-30-29(24)45-33(40)35-30)27-26(21)31(38)36(32(27)39)18-7-9-19(10-8-18)37(41)42/h2-12,21-22,24-28H,13-14H2,1H3,(H,35,40)/t21-,22-,24+,25+,26+,27+,28-/m1/s1. The fraction of sp³-hybridized carbons (Fsp3) is 0.303. The van der Waals surface area contributed by atoms with Crippen molar-refractivity contribution in [3.05, 3.63) is 113 Å². The average Bonchev–Trinajstić information content (AvgIpc) is 3.76. The summed E-state index contributed by atoms with van der Waals surface area (Å²) >= 11 is 6.51. The van der Waals surface area contributed by atoms with Crippen LogP contribution in [0.5, 0.6) is 5.75 Å². The van der Waals surface area contributed by atoms with Gasteiger partial charge in [0.1, 0.15) is 12.4 Å². The maximum atomic E-state index is 14.1. The first kappa shape index (κ1) is 28.7. The van der Waals surface area contributed by atoms with Crippen molar-refractivity contribution < 1.29 is 19.2 Å². The minimum absolute atomic E-state index is 0.00359.